The molecule has 1 unspecified atom stereocenters. The van der Waals surface area contributed by atoms with Crippen LogP contribution in [0.15, 0.2) is 84.9 Å². The first-order valence-corrected chi connectivity index (χ1v) is 12.0. The van der Waals surface area contributed by atoms with Crippen LogP contribution in [0.4, 0.5) is 17.1 Å². The minimum absolute atomic E-state index is 0.350. The molecule has 0 radical (unpaired) electrons. The number of ether oxygens (including phenoxy) is 2. The van der Waals surface area contributed by atoms with Crippen LogP contribution in [0.5, 0.6) is 11.5 Å². The summed E-state index contributed by atoms with van der Waals surface area (Å²) in [5.41, 5.74) is 4.36. The molecule has 2 aliphatic rings. The molecular weight excluding hydrogens is 460 g/mol. The van der Waals surface area contributed by atoms with Crippen LogP contribution in [0.3, 0.4) is 0 Å². The third-order valence-electron chi connectivity index (χ3n) is 6.44. The van der Waals surface area contributed by atoms with Gasteiger partial charge in [-0.05, 0) is 55.0 Å². The molecule has 0 aromatic heterocycles. The number of fused-ring (bicyclic) bond motifs is 6. The Morgan fingerprint density at radius 2 is 1.63 bits per heavy atom. The normalized spacial score (nSPS) is 17.1. The van der Waals surface area contributed by atoms with Crippen molar-refractivity contribution < 1.29 is 14.3 Å². The third-order valence-corrected chi connectivity index (χ3v) is 6.77. The molecule has 2 aliphatic heterocycles. The predicted molar refractivity (Wildman–Crippen MR) is 138 cm³/mol. The zero-order valence-electron chi connectivity index (χ0n) is 19.1. The highest BCUT2D eigenvalue weighted by Crippen LogP contribution is 2.56. The van der Waals surface area contributed by atoms with Gasteiger partial charge in [-0.15, -0.1) is 0 Å². The Kier molecular flexibility index (Phi) is 5.15. The summed E-state index contributed by atoms with van der Waals surface area (Å²) in [7, 11) is 0. The summed E-state index contributed by atoms with van der Waals surface area (Å²) in [5, 5.41) is 7.41. The third kappa shape index (κ3) is 3.43. The van der Waals surface area contributed by atoms with Crippen molar-refractivity contribution in [1.82, 2.24) is 0 Å². The summed E-state index contributed by atoms with van der Waals surface area (Å²) in [6.45, 7) is 2.98. The fraction of sp³-hybridized carbons (Fsp3) is 0.138. The average Bonchev–Trinajstić information content (AvgIpc) is 3.17. The Morgan fingerprint density at radius 1 is 0.829 bits per heavy atom. The maximum absolute atomic E-state index is 13.1. The molecular formula is C29H23ClN2O3. The van der Waals surface area contributed by atoms with E-state index in [4.69, 9.17) is 21.1 Å². The highest BCUT2D eigenvalue weighted by atomic mass is 35.5. The zero-order valence-corrected chi connectivity index (χ0v) is 19.9. The van der Waals surface area contributed by atoms with Gasteiger partial charge in [0.2, 0.25) is 0 Å². The quantitative estimate of drug-likeness (QED) is 0.289. The van der Waals surface area contributed by atoms with Crippen LogP contribution in [-0.4, -0.2) is 12.5 Å². The predicted octanol–water partition coefficient (Wildman–Crippen LogP) is 7.47. The summed E-state index contributed by atoms with van der Waals surface area (Å²) in [6.07, 6.45) is 1.01. The fourth-order valence-electron chi connectivity index (χ4n) is 4.85. The molecule has 0 fully saturated rings. The molecule has 6 rings (SSSR count). The van der Waals surface area contributed by atoms with Crippen molar-refractivity contribution >= 4 is 34.6 Å². The van der Waals surface area contributed by atoms with E-state index >= 15 is 0 Å². The van der Waals surface area contributed by atoms with E-state index in [0.717, 1.165) is 46.7 Å². The van der Waals surface area contributed by atoms with Crippen molar-refractivity contribution in [3.63, 3.8) is 0 Å². The molecule has 174 valence electrons. The second-order valence-electron chi connectivity index (χ2n) is 8.67. The number of hydrogen-bond acceptors (Lipinski definition) is 5. The number of anilines is 3. The summed E-state index contributed by atoms with van der Waals surface area (Å²) in [5.74, 6) is 0.950. The van der Waals surface area contributed by atoms with Crippen molar-refractivity contribution in [2.24, 2.45) is 0 Å². The number of carbonyl (C=O) groups is 1. The van der Waals surface area contributed by atoms with E-state index in [-0.39, 0.29) is 5.97 Å². The summed E-state index contributed by atoms with van der Waals surface area (Å²) >= 11 is 6.38. The Hall–Kier alpha value is -3.96. The maximum atomic E-state index is 13.1. The molecule has 0 amide bonds. The molecule has 0 aliphatic carbocycles. The minimum atomic E-state index is -1.11. The van der Waals surface area contributed by atoms with Gasteiger partial charge in [0, 0.05) is 40.7 Å². The van der Waals surface area contributed by atoms with E-state index in [9.17, 15) is 4.79 Å². The Labute approximate surface area is 208 Å². The lowest BCUT2D eigenvalue weighted by molar-refractivity contribution is 0.0224. The lowest BCUT2D eigenvalue weighted by atomic mass is 9.77. The van der Waals surface area contributed by atoms with Gasteiger partial charge in [0.15, 0.2) is 5.60 Å². The number of halogens is 1. The molecule has 0 saturated heterocycles. The number of benzene rings is 4. The first-order chi connectivity index (χ1) is 17.1. The van der Waals surface area contributed by atoms with Gasteiger partial charge >= 0.3 is 5.97 Å². The van der Waals surface area contributed by atoms with Gasteiger partial charge in [0.25, 0.3) is 0 Å². The number of hydrogen-bond donors (Lipinski definition) is 2. The van der Waals surface area contributed by atoms with E-state index < -0.39 is 5.60 Å². The van der Waals surface area contributed by atoms with E-state index in [0.29, 0.717) is 22.1 Å². The molecule has 1 spiro atoms. The van der Waals surface area contributed by atoms with Crippen molar-refractivity contribution in [2.75, 3.05) is 17.2 Å². The van der Waals surface area contributed by atoms with Crippen molar-refractivity contribution in [2.45, 2.75) is 18.9 Å². The van der Waals surface area contributed by atoms with E-state index in [1.165, 1.54) is 0 Å². The number of rotatable bonds is 5. The number of nitrogens with one attached hydrogen (secondary N) is 2. The van der Waals surface area contributed by atoms with Gasteiger partial charge < -0.3 is 20.1 Å². The smallest absolute Gasteiger partial charge is 0.340 e. The molecule has 4 aromatic carbocycles. The largest absolute Gasteiger partial charge is 0.456 e. The van der Waals surface area contributed by atoms with Crippen LogP contribution in [0.1, 0.15) is 40.4 Å². The highest BCUT2D eigenvalue weighted by Gasteiger charge is 2.53. The zero-order chi connectivity index (χ0) is 24.0. The van der Waals surface area contributed by atoms with Gasteiger partial charge in [-0.25, -0.2) is 4.79 Å². The lowest BCUT2D eigenvalue weighted by Crippen LogP contribution is -2.33. The molecule has 2 heterocycles. The first kappa shape index (κ1) is 21.6. The molecule has 4 aromatic rings. The SMILES string of the molecule is CCCNc1ccc2c(c1)Oc1ccc(Nc3ccccc3Cl)cc1C21OC(=O)c2ccccc21. The minimum Gasteiger partial charge on any atom is -0.456 e. The van der Waals surface area contributed by atoms with E-state index in [1.54, 1.807) is 0 Å². The van der Waals surface area contributed by atoms with E-state index in [1.807, 2.05) is 84.9 Å². The molecule has 0 saturated carbocycles. The van der Waals surface area contributed by atoms with Gasteiger partial charge in [-0.2, -0.15) is 0 Å². The van der Waals surface area contributed by atoms with Gasteiger partial charge in [-0.1, -0.05) is 48.9 Å². The monoisotopic (exact) mass is 482 g/mol. The van der Waals surface area contributed by atoms with Crippen LogP contribution in [-0.2, 0) is 10.3 Å². The number of para-hydroxylation sites is 1. The van der Waals surface area contributed by atoms with Crippen molar-refractivity contribution in [1.29, 1.82) is 0 Å². The van der Waals surface area contributed by atoms with E-state index in [2.05, 4.69) is 17.6 Å². The van der Waals surface area contributed by atoms with Crippen LogP contribution >= 0.6 is 11.6 Å². The second kappa shape index (κ2) is 8.36. The topological polar surface area (TPSA) is 59.6 Å². The summed E-state index contributed by atoms with van der Waals surface area (Å²) in [4.78, 5) is 13.1. The van der Waals surface area contributed by atoms with Crippen LogP contribution in [0.2, 0.25) is 5.02 Å². The number of carbonyl (C=O) groups excluding carboxylic acids is 1. The molecule has 0 bridgehead atoms. The standard InChI is InChI=1S/C29H23ClN2O3/c1-2-15-31-18-11-13-22-27(17-18)34-26-14-12-19(32-25-10-6-5-9-24(25)30)16-23(26)29(22)21-8-4-3-7-20(21)28(33)35-29/h3-14,16-17,31-32H,2,15H2,1H3. The molecule has 2 N–H and O–H groups in total. The van der Waals surface area contributed by atoms with Crippen molar-refractivity contribution in [3.8, 4) is 11.5 Å². The molecule has 5 nitrogen and oxygen atoms in total. The van der Waals surface area contributed by atoms with Crippen LogP contribution < -0.4 is 15.4 Å². The Balaban J connectivity index is 1.53. The van der Waals surface area contributed by atoms with Crippen LogP contribution in [0, 0.1) is 0 Å². The highest BCUT2D eigenvalue weighted by molar-refractivity contribution is 6.33. The summed E-state index contributed by atoms with van der Waals surface area (Å²) < 4.78 is 12.6. The van der Waals surface area contributed by atoms with Gasteiger partial charge in [0.1, 0.15) is 11.5 Å². The molecule has 35 heavy (non-hydrogen) atoms. The maximum Gasteiger partial charge on any atom is 0.340 e. The number of esters is 1. The Bertz CT molecular complexity index is 1470. The fourth-order valence-corrected chi connectivity index (χ4v) is 5.03. The van der Waals surface area contributed by atoms with Gasteiger partial charge in [-0.3, -0.25) is 0 Å². The van der Waals surface area contributed by atoms with Gasteiger partial charge in [0.05, 0.1) is 16.3 Å². The molecule has 6 heteroatoms. The van der Waals surface area contributed by atoms with Crippen LogP contribution in [0.25, 0.3) is 0 Å². The Morgan fingerprint density at radius 3 is 2.49 bits per heavy atom. The first-order valence-electron chi connectivity index (χ1n) is 11.7. The molecule has 1 atom stereocenters. The summed E-state index contributed by atoms with van der Waals surface area (Å²) in [6, 6.07) is 26.9. The van der Waals surface area contributed by atoms with Crippen molar-refractivity contribution in [3.05, 3.63) is 112 Å². The average molecular weight is 483 g/mol. The second-order valence-corrected chi connectivity index (χ2v) is 9.08. The lowest BCUT2D eigenvalue weighted by Gasteiger charge is -2.37.